The maximum atomic E-state index is 12.5. The van der Waals surface area contributed by atoms with Crippen LogP contribution in [0.3, 0.4) is 0 Å². The first-order chi connectivity index (χ1) is 11.1. The van der Waals surface area contributed by atoms with Crippen LogP contribution in [-0.2, 0) is 6.54 Å². The van der Waals surface area contributed by atoms with Crippen LogP contribution in [0.4, 0.5) is 5.69 Å². The molecule has 0 unspecified atom stereocenters. The number of carbonyl (C=O) groups excluding carboxylic acids is 1. The molecule has 5 heteroatoms. The molecule has 1 aromatic heterocycles. The fraction of sp³-hybridized carbons (Fsp3) is 0.167. The van der Waals surface area contributed by atoms with Gasteiger partial charge in [0.2, 0.25) is 0 Å². The summed E-state index contributed by atoms with van der Waals surface area (Å²) in [6, 6.07) is 9.69. The van der Waals surface area contributed by atoms with Crippen molar-refractivity contribution in [1.29, 1.82) is 5.26 Å². The first-order valence-electron chi connectivity index (χ1n) is 7.26. The van der Waals surface area contributed by atoms with E-state index in [0.29, 0.717) is 17.7 Å². The highest BCUT2D eigenvalue weighted by Crippen LogP contribution is 2.33. The number of amides is 1. The van der Waals surface area contributed by atoms with Crippen LogP contribution in [0.5, 0.6) is 0 Å². The number of aromatic nitrogens is 1. The van der Waals surface area contributed by atoms with Gasteiger partial charge in [-0.3, -0.25) is 9.78 Å². The number of pyridine rings is 1. The van der Waals surface area contributed by atoms with E-state index in [1.54, 1.807) is 17.3 Å². The van der Waals surface area contributed by atoms with Gasteiger partial charge in [0.25, 0.3) is 5.91 Å². The summed E-state index contributed by atoms with van der Waals surface area (Å²) >= 11 is 0. The third kappa shape index (κ3) is 2.67. The molecule has 1 N–H and O–H groups in total. The molecule has 23 heavy (non-hydrogen) atoms. The normalized spacial score (nSPS) is 12.7. The molecule has 0 spiro atoms. The first-order valence-corrected chi connectivity index (χ1v) is 7.26. The van der Waals surface area contributed by atoms with E-state index in [-0.39, 0.29) is 12.5 Å². The maximum absolute atomic E-state index is 12.5. The molecule has 1 aliphatic rings. The van der Waals surface area contributed by atoms with Crippen LogP contribution in [0.25, 0.3) is 11.1 Å². The van der Waals surface area contributed by atoms with E-state index >= 15 is 0 Å². The number of hydrogen-bond donors (Lipinski definition) is 1. The van der Waals surface area contributed by atoms with E-state index in [9.17, 15) is 4.79 Å². The molecular weight excluding hydrogens is 288 g/mol. The molecule has 0 atom stereocenters. The Morgan fingerprint density at radius 2 is 2.22 bits per heavy atom. The quantitative estimate of drug-likeness (QED) is 0.882. The van der Waals surface area contributed by atoms with Gasteiger partial charge >= 0.3 is 0 Å². The number of nitrogens with zero attached hydrogens (tertiary/aromatic N) is 3. The van der Waals surface area contributed by atoms with Gasteiger partial charge in [-0.25, -0.2) is 0 Å². The largest absolute Gasteiger partial charge is 0.387 e. The molecule has 1 aliphatic heterocycles. The van der Waals surface area contributed by atoms with Crippen LogP contribution in [0.1, 0.15) is 15.9 Å². The van der Waals surface area contributed by atoms with E-state index in [4.69, 9.17) is 5.26 Å². The van der Waals surface area contributed by atoms with Crippen molar-refractivity contribution in [1.82, 2.24) is 9.88 Å². The standard InChI is InChI=1S/C18H16N4O/c1-12(7-19)10-22-11-17-15(4-3-5-16(17)18(22)23)13-6-14(20-2)9-21-8-13/h3-6,8-9,20H,1,10-11H2,2H3. The zero-order valence-corrected chi connectivity index (χ0v) is 12.8. The summed E-state index contributed by atoms with van der Waals surface area (Å²) < 4.78 is 0. The Labute approximate surface area is 134 Å². The van der Waals surface area contributed by atoms with Crippen LogP contribution < -0.4 is 5.32 Å². The lowest BCUT2D eigenvalue weighted by Gasteiger charge is -2.14. The number of rotatable bonds is 4. The van der Waals surface area contributed by atoms with Crippen molar-refractivity contribution in [2.24, 2.45) is 0 Å². The molecule has 0 radical (unpaired) electrons. The number of nitrogens with one attached hydrogen (secondary N) is 1. The summed E-state index contributed by atoms with van der Waals surface area (Å²) in [5, 5.41) is 12.0. The molecule has 2 aromatic rings. The fourth-order valence-corrected chi connectivity index (χ4v) is 2.78. The molecular formula is C18H16N4O. The molecule has 5 nitrogen and oxygen atoms in total. The minimum atomic E-state index is -0.0593. The van der Waals surface area contributed by atoms with Gasteiger partial charge in [0.05, 0.1) is 18.3 Å². The molecule has 0 aliphatic carbocycles. The summed E-state index contributed by atoms with van der Waals surface area (Å²) in [7, 11) is 1.84. The summed E-state index contributed by atoms with van der Waals surface area (Å²) in [4.78, 5) is 18.4. The second kappa shape index (κ2) is 5.93. The van der Waals surface area contributed by atoms with Crippen LogP contribution in [-0.4, -0.2) is 29.4 Å². The Bertz CT molecular complexity index is 835. The number of benzene rings is 1. The Morgan fingerprint density at radius 3 is 2.96 bits per heavy atom. The zero-order valence-electron chi connectivity index (χ0n) is 12.8. The third-order valence-corrected chi connectivity index (χ3v) is 3.92. The highest BCUT2D eigenvalue weighted by Gasteiger charge is 2.29. The summed E-state index contributed by atoms with van der Waals surface area (Å²) in [5.74, 6) is -0.0593. The number of anilines is 1. The van der Waals surface area contributed by atoms with Gasteiger partial charge in [0.1, 0.15) is 0 Å². The van der Waals surface area contributed by atoms with Crippen LogP contribution in [0.15, 0.2) is 48.8 Å². The van der Waals surface area contributed by atoms with Gasteiger partial charge in [0.15, 0.2) is 0 Å². The molecule has 1 aromatic carbocycles. The minimum Gasteiger partial charge on any atom is -0.387 e. The topological polar surface area (TPSA) is 69.0 Å². The lowest BCUT2D eigenvalue weighted by atomic mass is 9.98. The Kier molecular flexibility index (Phi) is 3.82. The van der Waals surface area contributed by atoms with Crippen molar-refractivity contribution in [2.75, 3.05) is 18.9 Å². The smallest absolute Gasteiger partial charge is 0.254 e. The van der Waals surface area contributed by atoms with Crippen molar-refractivity contribution in [2.45, 2.75) is 6.54 Å². The lowest BCUT2D eigenvalue weighted by Crippen LogP contribution is -2.25. The summed E-state index contributed by atoms with van der Waals surface area (Å²) in [6.45, 7) is 4.41. The molecule has 0 saturated heterocycles. The summed E-state index contributed by atoms with van der Waals surface area (Å²) in [6.07, 6.45) is 3.54. The van der Waals surface area contributed by atoms with E-state index in [1.165, 1.54) is 0 Å². The van der Waals surface area contributed by atoms with Crippen molar-refractivity contribution in [3.63, 3.8) is 0 Å². The highest BCUT2D eigenvalue weighted by atomic mass is 16.2. The number of nitriles is 1. The zero-order chi connectivity index (χ0) is 16.4. The SMILES string of the molecule is C=C(C#N)CN1Cc2c(cccc2-c2cncc(NC)c2)C1=O. The van der Waals surface area contributed by atoms with Gasteiger partial charge in [-0.2, -0.15) is 5.26 Å². The summed E-state index contributed by atoms with van der Waals surface area (Å²) in [5.41, 5.74) is 4.90. The van der Waals surface area contributed by atoms with E-state index in [2.05, 4.69) is 16.9 Å². The molecule has 2 heterocycles. The molecule has 0 saturated carbocycles. The van der Waals surface area contributed by atoms with Gasteiger partial charge in [-0.05, 0) is 23.3 Å². The van der Waals surface area contributed by atoms with Crippen LogP contribution in [0, 0.1) is 11.3 Å². The predicted molar refractivity (Wildman–Crippen MR) is 88.7 cm³/mol. The van der Waals surface area contributed by atoms with Crippen molar-refractivity contribution in [3.05, 3.63) is 59.9 Å². The molecule has 114 valence electrons. The minimum absolute atomic E-state index is 0.0593. The maximum Gasteiger partial charge on any atom is 0.254 e. The molecule has 1 amide bonds. The Balaban J connectivity index is 2.01. The van der Waals surface area contributed by atoms with E-state index in [0.717, 1.165) is 22.4 Å². The predicted octanol–water partition coefficient (Wildman–Crippen LogP) is 2.83. The van der Waals surface area contributed by atoms with Gasteiger partial charge in [-0.15, -0.1) is 0 Å². The second-order valence-electron chi connectivity index (χ2n) is 5.42. The first kappa shape index (κ1) is 14.8. The van der Waals surface area contributed by atoms with Crippen LogP contribution >= 0.6 is 0 Å². The van der Waals surface area contributed by atoms with Crippen molar-refractivity contribution in [3.8, 4) is 17.2 Å². The molecule has 3 rings (SSSR count). The number of fused-ring (bicyclic) bond motifs is 1. The highest BCUT2D eigenvalue weighted by molar-refractivity contribution is 6.00. The fourth-order valence-electron chi connectivity index (χ4n) is 2.78. The molecule has 0 fully saturated rings. The average molecular weight is 304 g/mol. The number of hydrogen-bond acceptors (Lipinski definition) is 4. The van der Waals surface area contributed by atoms with Crippen LogP contribution in [0.2, 0.25) is 0 Å². The van der Waals surface area contributed by atoms with Gasteiger partial charge in [0, 0.05) is 42.7 Å². The third-order valence-electron chi connectivity index (χ3n) is 3.92. The van der Waals surface area contributed by atoms with Gasteiger partial charge in [-0.1, -0.05) is 18.7 Å². The van der Waals surface area contributed by atoms with Crippen molar-refractivity contribution >= 4 is 11.6 Å². The Morgan fingerprint density at radius 1 is 1.43 bits per heavy atom. The Hall–Kier alpha value is -3.13. The van der Waals surface area contributed by atoms with E-state index in [1.807, 2.05) is 37.4 Å². The lowest BCUT2D eigenvalue weighted by molar-refractivity contribution is 0.0794. The van der Waals surface area contributed by atoms with Gasteiger partial charge < -0.3 is 10.2 Å². The monoisotopic (exact) mass is 304 g/mol. The number of carbonyl (C=O) groups is 1. The average Bonchev–Trinajstić information content (AvgIpc) is 2.91. The van der Waals surface area contributed by atoms with Crippen molar-refractivity contribution < 1.29 is 4.79 Å². The molecule has 0 bridgehead atoms. The second-order valence-corrected chi connectivity index (χ2v) is 5.42. The van der Waals surface area contributed by atoms with E-state index < -0.39 is 0 Å².